The van der Waals surface area contributed by atoms with Crippen molar-refractivity contribution in [3.63, 3.8) is 0 Å². The smallest absolute Gasteiger partial charge is 0.256 e. The first-order valence-electron chi connectivity index (χ1n) is 5.58. The molecular formula is C13H12N4O. The Kier molecular flexibility index (Phi) is 2.19. The standard InChI is InChI=1S/C13H12N4O/c1-7-12(16-6-15-7)5-10-9-4-8(14)2-3-11(9)17-13(10)18/h2-6H,14H2,1H3,(H,15,16)(H,17,18)/b10-5-. The van der Waals surface area contributed by atoms with E-state index in [0.29, 0.717) is 11.3 Å². The van der Waals surface area contributed by atoms with E-state index in [0.717, 1.165) is 22.6 Å². The van der Waals surface area contributed by atoms with Crippen molar-refractivity contribution >= 4 is 28.9 Å². The highest BCUT2D eigenvalue weighted by molar-refractivity contribution is 6.35. The number of fused-ring (bicyclic) bond motifs is 1. The van der Waals surface area contributed by atoms with Crippen LogP contribution in [0.3, 0.4) is 0 Å². The lowest BCUT2D eigenvalue weighted by atomic mass is 10.1. The molecule has 18 heavy (non-hydrogen) atoms. The number of hydrogen-bond donors (Lipinski definition) is 3. The van der Waals surface area contributed by atoms with Crippen LogP contribution in [0, 0.1) is 6.92 Å². The zero-order chi connectivity index (χ0) is 12.7. The first-order valence-corrected chi connectivity index (χ1v) is 5.58. The predicted octanol–water partition coefficient (Wildman–Crippen LogP) is 1.79. The molecule has 3 rings (SSSR count). The highest BCUT2D eigenvalue weighted by atomic mass is 16.2. The lowest BCUT2D eigenvalue weighted by molar-refractivity contribution is -0.110. The van der Waals surface area contributed by atoms with Crippen LogP contribution in [-0.4, -0.2) is 15.9 Å². The minimum absolute atomic E-state index is 0.127. The quantitative estimate of drug-likeness (QED) is 0.525. The average molecular weight is 240 g/mol. The highest BCUT2D eigenvalue weighted by Gasteiger charge is 2.24. The van der Waals surface area contributed by atoms with Gasteiger partial charge in [0.25, 0.3) is 5.91 Å². The summed E-state index contributed by atoms with van der Waals surface area (Å²) in [6, 6.07) is 5.36. The summed E-state index contributed by atoms with van der Waals surface area (Å²) in [6.07, 6.45) is 3.38. The fraction of sp³-hybridized carbons (Fsp3) is 0.0769. The van der Waals surface area contributed by atoms with E-state index >= 15 is 0 Å². The molecule has 0 radical (unpaired) electrons. The van der Waals surface area contributed by atoms with Gasteiger partial charge in [0.15, 0.2) is 0 Å². The van der Waals surface area contributed by atoms with Crippen LogP contribution in [0.1, 0.15) is 17.0 Å². The third kappa shape index (κ3) is 1.57. The van der Waals surface area contributed by atoms with Gasteiger partial charge in [-0.2, -0.15) is 0 Å². The summed E-state index contributed by atoms with van der Waals surface area (Å²) in [5.41, 5.74) is 10.3. The van der Waals surface area contributed by atoms with Crippen LogP contribution in [-0.2, 0) is 4.79 Å². The van der Waals surface area contributed by atoms with E-state index in [4.69, 9.17) is 5.73 Å². The molecule has 0 unspecified atom stereocenters. The number of benzene rings is 1. The molecule has 0 aliphatic carbocycles. The Morgan fingerprint density at radius 3 is 2.94 bits per heavy atom. The molecule has 5 nitrogen and oxygen atoms in total. The van der Waals surface area contributed by atoms with Crippen molar-refractivity contribution in [1.29, 1.82) is 0 Å². The number of carbonyl (C=O) groups is 1. The van der Waals surface area contributed by atoms with Gasteiger partial charge in [-0.25, -0.2) is 4.98 Å². The molecule has 2 heterocycles. The molecule has 5 heteroatoms. The van der Waals surface area contributed by atoms with E-state index in [-0.39, 0.29) is 5.91 Å². The number of amides is 1. The van der Waals surface area contributed by atoms with Crippen molar-refractivity contribution in [2.75, 3.05) is 11.1 Å². The Morgan fingerprint density at radius 1 is 1.39 bits per heavy atom. The van der Waals surface area contributed by atoms with E-state index in [1.54, 1.807) is 30.6 Å². The highest BCUT2D eigenvalue weighted by Crippen LogP contribution is 2.34. The summed E-state index contributed by atoms with van der Waals surface area (Å²) < 4.78 is 0. The third-order valence-corrected chi connectivity index (χ3v) is 2.98. The predicted molar refractivity (Wildman–Crippen MR) is 70.7 cm³/mol. The summed E-state index contributed by atoms with van der Waals surface area (Å²) in [6.45, 7) is 1.91. The minimum Gasteiger partial charge on any atom is -0.399 e. The third-order valence-electron chi connectivity index (χ3n) is 2.98. The Morgan fingerprint density at radius 2 is 2.22 bits per heavy atom. The molecule has 0 fully saturated rings. The fourth-order valence-electron chi connectivity index (χ4n) is 2.00. The molecule has 0 spiro atoms. The number of nitrogen functional groups attached to an aromatic ring is 1. The summed E-state index contributed by atoms with van der Waals surface area (Å²) in [4.78, 5) is 19.1. The second kappa shape index (κ2) is 3.73. The molecule has 0 atom stereocenters. The lowest BCUT2D eigenvalue weighted by Gasteiger charge is -1.99. The molecule has 0 bridgehead atoms. The van der Waals surface area contributed by atoms with E-state index < -0.39 is 0 Å². The SMILES string of the molecule is Cc1[nH]cnc1/C=C1\C(=O)Nc2ccc(N)cc21. The number of aryl methyl sites for hydroxylation is 1. The zero-order valence-corrected chi connectivity index (χ0v) is 9.82. The molecule has 90 valence electrons. The van der Waals surface area contributed by atoms with Crippen LogP contribution in [0.25, 0.3) is 11.6 Å². The summed E-state index contributed by atoms with van der Waals surface area (Å²) >= 11 is 0. The van der Waals surface area contributed by atoms with Gasteiger partial charge >= 0.3 is 0 Å². The summed E-state index contributed by atoms with van der Waals surface area (Å²) in [5.74, 6) is -0.127. The van der Waals surface area contributed by atoms with Crippen LogP contribution in [0.4, 0.5) is 11.4 Å². The van der Waals surface area contributed by atoms with Gasteiger partial charge in [0.1, 0.15) is 0 Å². The van der Waals surface area contributed by atoms with Crippen molar-refractivity contribution in [2.24, 2.45) is 0 Å². The van der Waals surface area contributed by atoms with Gasteiger partial charge in [0, 0.05) is 22.6 Å². The van der Waals surface area contributed by atoms with Crippen LogP contribution >= 0.6 is 0 Å². The molecule has 0 saturated heterocycles. The Balaban J connectivity index is 2.14. The number of rotatable bonds is 1. The van der Waals surface area contributed by atoms with E-state index in [9.17, 15) is 4.79 Å². The molecular weight excluding hydrogens is 228 g/mol. The molecule has 0 saturated carbocycles. The molecule has 1 aromatic carbocycles. The maximum atomic E-state index is 11.9. The maximum absolute atomic E-state index is 11.9. The molecule has 2 aromatic rings. The van der Waals surface area contributed by atoms with Gasteiger partial charge in [-0.05, 0) is 31.2 Å². The van der Waals surface area contributed by atoms with E-state index in [1.165, 1.54) is 0 Å². The number of anilines is 2. The fourth-order valence-corrected chi connectivity index (χ4v) is 2.00. The first kappa shape index (κ1) is 10.6. The molecule has 1 aromatic heterocycles. The van der Waals surface area contributed by atoms with Crippen molar-refractivity contribution in [3.05, 3.63) is 41.5 Å². The summed E-state index contributed by atoms with van der Waals surface area (Å²) in [7, 11) is 0. The van der Waals surface area contributed by atoms with Crippen LogP contribution in [0.15, 0.2) is 24.5 Å². The maximum Gasteiger partial charge on any atom is 0.256 e. The normalized spacial score (nSPS) is 15.8. The minimum atomic E-state index is -0.127. The van der Waals surface area contributed by atoms with Crippen molar-refractivity contribution < 1.29 is 4.79 Å². The number of nitrogens with one attached hydrogen (secondary N) is 2. The van der Waals surface area contributed by atoms with E-state index in [2.05, 4.69) is 15.3 Å². The van der Waals surface area contributed by atoms with Gasteiger partial charge in [0.2, 0.25) is 0 Å². The van der Waals surface area contributed by atoms with Crippen LogP contribution in [0.5, 0.6) is 0 Å². The molecule has 1 aliphatic heterocycles. The van der Waals surface area contributed by atoms with Crippen molar-refractivity contribution in [1.82, 2.24) is 9.97 Å². The topological polar surface area (TPSA) is 83.8 Å². The van der Waals surface area contributed by atoms with Crippen molar-refractivity contribution in [3.8, 4) is 0 Å². The molecule has 4 N–H and O–H groups in total. The second-order valence-corrected chi connectivity index (χ2v) is 4.23. The number of nitrogens with two attached hydrogens (primary N) is 1. The first-order chi connectivity index (χ1) is 8.65. The summed E-state index contributed by atoms with van der Waals surface area (Å²) in [5, 5.41) is 2.81. The molecule has 1 amide bonds. The number of hydrogen-bond acceptors (Lipinski definition) is 3. The van der Waals surface area contributed by atoms with Crippen LogP contribution < -0.4 is 11.1 Å². The van der Waals surface area contributed by atoms with Gasteiger partial charge in [-0.3, -0.25) is 4.79 Å². The van der Waals surface area contributed by atoms with Gasteiger partial charge in [-0.15, -0.1) is 0 Å². The van der Waals surface area contributed by atoms with Crippen molar-refractivity contribution in [2.45, 2.75) is 6.92 Å². The number of carbonyl (C=O) groups excluding carboxylic acids is 1. The van der Waals surface area contributed by atoms with Gasteiger partial charge < -0.3 is 16.0 Å². The number of aromatic amines is 1. The zero-order valence-electron chi connectivity index (χ0n) is 9.82. The van der Waals surface area contributed by atoms with E-state index in [1.807, 2.05) is 6.92 Å². The Labute approximate surface area is 104 Å². The monoisotopic (exact) mass is 240 g/mol. The Hall–Kier alpha value is -2.56. The van der Waals surface area contributed by atoms with Gasteiger partial charge in [-0.1, -0.05) is 0 Å². The molecule has 1 aliphatic rings. The van der Waals surface area contributed by atoms with Gasteiger partial charge in [0.05, 0.1) is 17.6 Å². The van der Waals surface area contributed by atoms with Crippen LogP contribution in [0.2, 0.25) is 0 Å². The number of imidazole rings is 1. The number of H-pyrrole nitrogens is 1. The average Bonchev–Trinajstić information content (AvgIpc) is 2.86. The second-order valence-electron chi connectivity index (χ2n) is 4.23. The lowest BCUT2D eigenvalue weighted by Crippen LogP contribution is -2.03. The largest absolute Gasteiger partial charge is 0.399 e. The number of aromatic nitrogens is 2. The Bertz CT molecular complexity index is 669. The number of nitrogens with zero attached hydrogens (tertiary/aromatic N) is 1.